The molecule has 0 radical (unpaired) electrons. The molecule has 0 saturated carbocycles. The fourth-order valence-electron chi connectivity index (χ4n) is 1.84. The van der Waals surface area contributed by atoms with E-state index in [1.165, 1.54) is 4.88 Å². The molecule has 4 nitrogen and oxygen atoms in total. The van der Waals surface area contributed by atoms with Gasteiger partial charge >= 0.3 is 0 Å². The van der Waals surface area contributed by atoms with Crippen molar-refractivity contribution < 1.29 is 4.79 Å². The lowest BCUT2D eigenvalue weighted by atomic mass is 10.1. The van der Waals surface area contributed by atoms with Crippen LogP contribution in [0.3, 0.4) is 0 Å². The van der Waals surface area contributed by atoms with Crippen molar-refractivity contribution in [1.82, 2.24) is 10.3 Å². The number of hydrogen-bond donors (Lipinski definition) is 3. The molecule has 1 amide bonds. The number of aromatic nitrogens is 1. The molecule has 0 saturated heterocycles. The Morgan fingerprint density at radius 3 is 3.00 bits per heavy atom. The summed E-state index contributed by atoms with van der Waals surface area (Å²) in [6.07, 6.45) is 3.58. The molecule has 2 aromatic rings. The van der Waals surface area contributed by atoms with Crippen LogP contribution >= 0.6 is 11.3 Å². The van der Waals surface area contributed by atoms with Gasteiger partial charge in [-0.1, -0.05) is 19.4 Å². The van der Waals surface area contributed by atoms with Gasteiger partial charge in [0.25, 0.3) is 5.91 Å². The molecule has 18 heavy (non-hydrogen) atoms. The first-order valence-corrected chi connectivity index (χ1v) is 6.87. The van der Waals surface area contributed by atoms with E-state index in [-0.39, 0.29) is 11.9 Å². The molecule has 0 aromatic carbocycles. The van der Waals surface area contributed by atoms with Gasteiger partial charge in [-0.3, -0.25) is 4.79 Å². The highest BCUT2D eigenvalue weighted by molar-refractivity contribution is 7.10. The van der Waals surface area contributed by atoms with E-state index in [1.54, 1.807) is 23.6 Å². The van der Waals surface area contributed by atoms with Crippen molar-refractivity contribution in [3.8, 4) is 0 Å². The van der Waals surface area contributed by atoms with Crippen LogP contribution in [0.25, 0.3) is 0 Å². The van der Waals surface area contributed by atoms with Crippen LogP contribution in [0.2, 0.25) is 0 Å². The van der Waals surface area contributed by atoms with E-state index in [4.69, 9.17) is 5.73 Å². The predicted molar refractivity (Wildman–Crippen MR) is 74.6 cm³/mol. The minimum absolute atomic E-state index is 0.0759. The molecule has 2 heterocycles. The third-order valence-corrected chi connectivity index (χ3v) is 3.71. The van der Waals surface area contributed by atoms with Crippen LogP contribution < -0.4 is 11.1 Å². The lowest BCUT2D eigenvalue weighted by Crippen LogP contribution is -2.28. The number of nitrogens with one attached hydrogen (secondary N) is 2. The van der Waals surface area contributed by atoms with Crippen molar-refractivity contribution in [1.29, 1.82) is 0 Å². The van der Waals surface area contributed by atoms with E-state index in [2.05, 4.69) is 17.2 Å². The van der Waals surface area contributed by atoms with Gasteiger partial charge in [-0.05, 0) is 23.9 Å². The summed E-state index contributed by atoms with van der Waals surface area (Å²) < 4.78 is 0. The van der Waals surface area contributed by atoms with Crippen LogP contribution in [0, 0.1) is 0 Å². The molecule has 1 unspecified atom stereocenters. The number of anilines is 1. The van der Waals surface area contributed by atoms with Crippen LogP contribution in [-0.2, 0) is 0 Å². The second-order valence-corrected chi connectivity index (χ2v) is 5.16. The zero-order valence-electron chi connectivity index (χ0n) is 10.3. The van der Waals surface area contributed by atoms with Gasteiger partial charge in [0.2, 0.25) is 0 Å². The van der Waals surface area contributed by atoms with Gasteiger partial charge in [-0.25, -0.2) is 0 Å². The zero-order chi connectivity index (χ0) is 13.0. The predicted octanol–water partition coefficient (Wildman–Crippen LogP) is 2.93. The molecule has 0 fully saturated rings. The molecule has 2 aromatic heterocycles. The summed E-state index contributed by atoms with van der Waals surface area (Å²) in [7, 11) is 0. The summed E-state index contributed by atoms with van der Waals surface area (Å²) in [5.41, 5.74) is 6.67. The van der Waals surface area contributed by atoms with Gasteiger partial charge in [0, 0.05) is 16.8 Å². The van der Waals surface area contributed by atoms with E-state index in [0.717, 1.165) is 12.8 Å². The van der Waals surface area contributed by atoms with Crippen molar-refractivity contribution in [3.63, 3.8) is 0 Å². The maximum Gasteiger partial charge on any atom is 0.268 e. The number of H-pyrrole nitrogens is 1. The number of thiophene rings is 1. The first-order valence-electron chi connectivity index (χ1n) is 5.99. The van der Waals surface area contributed by atoms with Crippen molar-refractivity contribution in [3.05, 3.63) is 40.3 Å². The van der Waals surface area contributed by atoms with Crippen LogP contribution in [0.4, 0.5) is 5.69 Å². The minimum Gasteiger partial charge on any atom is -0.397 e. The van der Waals surface area contributed by atoms with E-state index < -0.39 is 0 Å². The highest BCUT2D eigenvalue weighted by Gasteiger charge is 2.16. The second kappa shape index (κ2) is 5.73. The molecule has 0 bridgehead atoms. The van der Waals surface area contributed by atoms with Gasteiger partial charge in [0.1, 0.15) is 5.69 Å². The summed E-state index contributed by atoms with van der Waals surface area (Å²) in [5.74, 6) is -0.112. The molecule has 0 aliphatic rings. The summed E-state index contributed by atoms with van der Waals surface area (Å²) >= 11 is 1.66. The van der Waals surface area contributed by atoms with Crippen LogP contribution in [-0.4, -0.2) is 10.9 Å². The van der Waals surface area contributed by atoms with Crippen molar-refractivity contribution in [2.24, 2.45) is 0 Å². The van der Waals surface area contributed by atoms with Gasteiger partial charge < -0.3 is 16.0 Å². The fourth-order valence-corrected chi connectivity index (χ4v) is 2.65. The van der Waals surface area contributed by atoms with Crippen molar-refractivity contribution in [2.75, 3.05) is 5.73 Å². The summed E-state index contributed by atoms with van der Waals surface area (Å²) in [6, 6.07) is 5.77. The number of carbonyl (C=O) groups excluding carboxylic acids is 1. The summed E-state index contributed by atoms with van der Waals surface area (Å²) in [6.45, 7) is 2.11. The zero-order valence-corrected chi connectivity index (χ0v) is 11.1. The van der Waals surface area contributed by atoms with E-state index in [9.17, 15) is 4.79 Å². The molecule has 0 spiro atoms. The topological polar surface area (TPSA) is 70.9 Å². The minimum atomic E-state index is -0.112. The number of nitrogens with two attached hydrogens (primary N) is 1. The lowest BCUT2D eigenvalue weighted by molar-refractivity contribution is 0.0931. The van der Waals surface area contributed by atoms with E-state index in [0.29, 0.717) is 11.4 Å². The molecule has 0 aliphatic carbocycles. The Morgan fingerprint density at radius 1 is 1.61 bits per heavy atom. The summed E-state index contributed by atoms with van der Waals surface area (Å²) in [5, 5.41) is 5.06. The smallest absolute Gasteiger partial charge is 0.268 e. The number of rotatable bonds is 5. The quantitative estimate of drug-likeness (QED) is 0.776. The lowest BCUT2D eigenvalue weighted by Gasteiger charge is -2.16. The Hall–Kier alpha value is -1.75. The monoisotopic (exact) mass is 263 g/mol. The molecule has 96 valence electrons. The van der Waals surface area contributed by atoms with Gasteiger partial charge in [0.15, 0.2) is 0 Å². The normalized spacial score (nSPS) is 12.3. The standard InChI is InChI=1S/C13H17N3OS/c1-2-4-10(12-5-3-6-18-12)16-13(17)11-7-9(14)8-15-11/h3,5-8,10,15H,2,4,14H2,1H3,(H,16,17). The first-order chi connectivity index (χ1) is 8.70. The number of amides is 1. The molecule has 5 heteroatoms. The molecule has 1 atom stereocenters. The Bertz CT molecular complexity index is 504. The number of carbonyl (C=O) groups is 1. The molecule has 2 rings (SSSR count). The Kier molecular flexibility index (Phi) is 4.04. The summed E-state index contributed by atoms with van der Waals surface area (Å²) in [4.78, 5) is 16.1. The average Bonchev–Trinajstić information content (AvgIpc) is 2.98. The van der Waals surface area contributed by atoms with Gasteiger partial charge in [-0.2, -0.15) is 0 Å². The van der Waals surface area contributed by atoms with E-state index >= 15 is 0 Å². The number of hydrogen-bond acceptors (Lipinski definition) is 3. The largest absolute Gasteiger partial charge is 0.397 e. The van der Waals surface area contributed by atoms with Crippen LogP contribution in [0.1, 0.15) is 41.2 Å². The Labute approximate surface area is 110 Å². The Balaban J connectivity index is 2.07. The second-order valence-electron chi connectivity index (χ2n) is 4.18. The average molecular weight is 263 g/mol. The fraction of sp³-hybridized carbons (Fsp3) is 0.308. The number of aromatic amines is 1. The number of nitrogen functional groups attached to an aromatic ring is 1. The maximum absolute atomic E-state index is 12.0. The van der Waals surface area contributed by atoms with E-state index in [1.807, 2.05) is 17.5 Å². The van der Waals surface area contributed by atoms with Gasteiger partial charge in [0.05, 0.1) is 6.04 Å². The molecule has 0 aliphatic heterocycles. The molecular formula is C13H17N3OS. The first kappa shape index (κ1) is 12.7. The highest BCUT2D eigenvalue weighted by Crippen LogP contribution is 2.23. The van der Waals surface area contributed by atoms with Crippen LogP contribution in [0.15, 0.2) is 29.8 Å². The van der Waals surface area contributed by atoms with Gasteiger partial charge in [-0.15, -0.1) is 11.3 Å². The maximum atomic E-state index is 12.0. The highest BCUT2D eigenvalue weighted by atomic mass is 32.1. The van der Waals surface area contributed by atoms with Crippen LogP contribution in [0.5, 0.6) is 0 Å². The Morgan fingerprint density at radius 2 is 2.44 bits per heavy atom. The SMILES string of the molecule is CCCC(NC(=O)c1cc(N)c[nH]1)c1cccs1. The third-order valence-electron chi connectivity index (χ3n) is 2.72. The van der Waals surface area contributed by atoms with Crippen molar-refractivity contribution >= 4 is 22.9 Å². The third kappa shape index (κ3) is 2.92. The molecular weight excluding hydrogens is 246 g/mol. The van der Waals surface area contributed by atoms with Crippen molar-refractivity contribution in [2.45, 2.75) is 25.8 Å². The molecule has 4 N–H and O–H groups in total.